The van der Waals surface area contributed by atoms with E-state index in [1.165, 1.54) is 20.0 Å². The van der Waals surface area contributed by atoms with Crippen molar-refractivity contribution in [1.82, 2.24) is 10.2 Å². The number of hydrogen-bond donors (Lipinski definition) is 1. The molecule has 2 aliphatic rings. The number of likely N-dealkylation sites (tertiary alicyclic amines) is 1. The molecule has 1 N–H and O–H groups in total. The van der Waals surface area contributed by atoms with Gasteiger partial charge in [0.2, 0.25) is 0 Å². The average molecular weight is 240 g/mol. The molecule has 2 fully saturated rings. The van der Waals surface area contributed by atoms with Gasteiger partial charge in [-0.05, 0) is 52.2 Å². The SMILES string of the molecule is COC(=O)C1(C2CCCCN2C)CCCCN1. The normalized spacial score (nSPS) is 35.5. The predicted octanol–water partition coefficient (Wildman–Crippen LogP) is 1.16. The first-order chi connectivity index (χ1) is 8.20. The van der Waals surface area contributed by atoms with Crippen LogP contribution in [0.2, 0.25) is 0 Å². The third-order valence-electron chi connectivity index (χ3n) is 4.33. The van der Waals surface area contributed by atoms with Crippen LogP contribution in [-0.2, 0) is 9.53 Å². The van der Waals surface area contributed by atoms with Gasteiger partial charge in [0.25, 0.3) is 0 Å². The van der Waals surface area contributed by atoms with Crippen LogP contribution in [0.25, 0.3) is 0 Å². The van der Waals surface area contributed by atoms with Crippen molar-refractivity contribution in [2.24, 2.45) is 0 Å². The minimum atomic E-state index is -0.456. The summed E-state index contributed by atoms with van der Waals surface area (Å²) >= 11 is 0. The zero-order valence-electron chi connectivity index (χ0n) is 11.0. The van der Waals surface area contributed by atoms with Crippen LogP contribution in [0.15, 0.2) is 0 Å². The van der Waals surface area contributed by atoms with Crippen LogP contribution in [0.5, 0.6) is 0 Å². The highest BCUT2D eigenvalue weighted by atomic mass is 16.5. The molecule has 4 nitrogen and oxygen atoms in total. The Hall–Kier alpha value is -0.610. The molecule has 2 rings (SSSR count). The Bertz CT molecular complexity index is 275. The van der Waals surface area contributed by atoms with Crippen molar-refractivity contribution < 1.29 is 9.53 Å². The summed E-state index contributed by atoms with van der Waals surface area (Å²) in [5, 5.41) is 3.47. The van der Waals surface area contributed by atoms with Crippen molar-refractivity contribution in [3.63, 3.8) is 0 Å². The van der Waals surface area contributed by atoms with Gasteiger partial charge in [0.15, 0.2) is 0 Å². The number of carbonyl (C=O) groups is 1. The lowest BCUT2D eigenvalue weighted by Crippen LogP contribution is -2.67. The van der Waals surface area contributed by atoms with Gasteiger partial charge in [-0.15, -0.1) is 0 Å². The van der Waals surface area contributed by atoms with E-state index >= 15 is 0 Å². The Balaban J connectivity index is 2.21. The van der Waals surface area contributed by atoms with Crippen LogP contribution in [0, 0.1) is 0 Å². The van der Waals surface area contributed by atoms with Crippen molar-refractivity contribution >= 4 is 5.97 Å². The van der Waals surface area contributed by atoms with E-state index in [-0.39, 0.29) is 5.97 Å². The molecule has 2 aliphatic heterocycles. The third-order valence-corrected chi connectivity index (χ3v) is 4.33. The van der Waals surface area contributed by atoms with E-state index in [9.17, 15) is 4.79 Å². The molecule has 0 aromatic rings. The maximum atomic E-state index is 12.2. The van der Waals surface area contributed by atoms with E-state index in [1.807, 2.05) is 0 Å². The minimum Gasteiger partial charge on any atom is -0.468 e. The van der Waals surface area contributed by atoms with Crippen molar-refractivity contribution in [2.45, 2.75) is 50.1 Å². The summed E-state index contributed by atoms with van der Waals surface area (Å²) in [5.41, 5.74) is -0.456. The van der Waals surface area contributed by atoms with Gasteiger partial charge in [0, 0.05) is 6.04 Å². The second-order valence-corrected chi connectivity index (χ2v) is 5.34. The van der Waals surface area contributed by atoms with E-state index in [0.717, 1.165) is 38.8 Å². The van der Waals surface area contributed by atoms with E-state index in [4.69, 9.17) is 4.74 Å². The predicted molar refractivity (Wildman–Crippen MR) is 66.9 cm³/mol. The first kappa shape index (κ1) is 12.8. The van der Waals surface area contributed by atoms with Crippen LogP contribution in [0.3, 0.4) is 0 Å². The second kappa shape index (κ2) is 5.36. The number of carbonyl (C=O) groups excluding carboxylic acids is 1. The van der Waals surface area contributed by atoms with Gasteiger partial charge in [0.05, 0.1) is 7.11 Å². The van der Waals surface area contributed by atoms with Gasteiger partial charge in [-0.2, -0.15) is 0 Å². The van der Waals surface area contributed by atoms with E-state index in [0.29, 0.717) is 6.04 Å². The number of esters is 1. The molecule has 0 aromatic carbocycles. The van der Waals surface area contributed by atoms with Crippen LogP contribution in [-0.4, -0.2) is 49.7 Å². The molecule has 2 heterocycles. The van der Waals surface area contributed by atoms with Gasteiger partial charge in [-0.25, -0.2) is 4.79 Å². The molecular formula is C13H24N2O2. The van der Waals surface area contributed by atoms with Gasteiger partial charge >= 0.3 is 5.97 Å². The zero-order valence-corrected chi connectivity index (χ0v) is 11.0. The summed E-state index contributed by atoms with van der Waals surface area (Å²) in [6, 6.07) is 0.295. The lowest BCUT2D eigenvalue weighted by Gasteiger charge is -2.47. The van der Waals surface area contributed by atoms with Crippen LogP contribution in [0.4, 0.5) is 0 Å². The summed E-state index contributed by atoms with van der Waals surface area (Å²) in [7, 11) is 3.63. The molecule has 0 saturated carbocycles. The van der Waals surface area contributed by atoms with Crippen LogP contribution < -0.4 is 5.32 Å². The van der Waals surface area contributed by atoms with Gasteiger partial charge in [-0.3, -0.25) is 0 Å². The highest BCUT2D eigenvalue weighted by molar-refractivity contribution is 5.82. The Morgan fingerprint density at radius 2 is 2.18 bits per heavy atom. The fraction of sp³-hybridized carbons (Fsp3) is 0.923. The number of nitrogens with one attached hydrogen (secondary N) is 1. The average Bonchev–Trinajstić information content (AvgIpc) is 2.39. The molecular weight excluding hydrogens is 216 g/mol. The topological polar surface area (TPSA) is 41.6 Å². The molecule has 0 spiro atoms. The molecule has 2 unspecified atom stereocenters. The lowest BCUT2D eigenvalue weighted by molar-refractivity contribution is -0.154. The van der Waals surface area contributed by atoms with Crippen molar-refractivity contribution in [2.75, 3.05) is 27.2 Å². The Kier molecular flexibility index (Phi) is 4.05. The maximum Gasteiger partial charge on any atom is 0.327 e. The van der Waals surface area contributed by atoms with E-state index in [1.54, 1.807) is 0 Å². The number of ether oxygens (including phenoxy) is 1. The fourth-order valence-electron chi connectivity index (χ4n) is 3.40. The molecule has 0 aromatic heterocycles. The van der Waals surface area contributed by atoms with Gasteiger partial charge < -0.3 is 15.0 Å². The van der Waals surface area contributed by atoms with Gasteiger partial charge in [-0.1, -0.05) is 6.42 Å². The van der Waals surface area contributed by atoms with E-state index < -0.39 is 5.54 Å². The number of hydrogen-bond acceptors (Lipinski definition) is 4. The number of nitrogens with zero attached hydrogens (tertiary/aromatic N) is 1. The highest BCUT2D eigenvalue weighted by Crippen LogP contribution is 2.32. The molecule has 0 bridgehead atoms. The van der Waals surface area contributed by atoms with Crippen LogP contribution >= 0.6 is 0 Å². The maximum absolute atomic E-state index is 12.2. The number of likely N-dealkylation sites (N-methyl/N-ethyl adjacent to an activating group) is 1. The number of rotatable bonds is 2. The lowest BCUT2D eigenvalue weighted by atomic mass is 9.77. The first-order valence-corrected chi connectivity index (χ1v) is 6.74. The summed E-state index contributed by atoms with van der Waals surface area (Å²) < 4.78 is 5.07. The third kappa shape index (κ3) is 2.33. The smallest absolute Gasteiger partial charge is 0.327 e. The monoisotopic (exact) mass is 240 g/mol. The summed E-state index contributed by atoms with van der Waals surface area (Å²) in [6.07, 6.45) is 6.74. The van der Waals surface area contributed by atoms with Gasteiger partial charge in [0.1, 0.15) is 5.54 Å². The molecule has 0 aliphatic carbocycles. The number of piperidine rings is 2. The van der Waals surface area contributed by atoms with E-state index in [2.05, 4.69) is 17.3 Å². The molecule has 2 atom stereocenters. The highest BCUT2D eigenvalue weighted by Gasteiger charge is 2.49. The largest absolute Gasteiger partial charge is 0.468 e. The summed E-state index contributed by atoms with van der Waals surface area (Å²) in [4.78, 5) is 14.6. The van der Waals surface area contributed by atoms with Crippen molar-refractivity contribution in [1.29, 1.82) is 0 Å². The summed E-state index contributed by atoms with van der Waals surface area (Å²) in [5.74, 6) is -0.0732. The second-order valence-electron chi connectivity index (χ2n) is 5.34. The van der Waals surface area contributed by atoms with Crippen LogP contribution in [0.1, 0.15) is 38.5 Å². The molecule has 0 amide bonds. The standard InChI is InChI=1S/C13H24N2O2/c1-15-10-6-3-7-11(15)13(12(16)17-2)8-4-5-9-14-13/h11,14H,3-10H2,1-2H3. The summed E-state index contributed by atoms with van der Waals surface area (Å²) in [6.45, 7) is 2.02. The Labute approximate surface area is 104 Å². The minimum absolute atomic E-state index is 0.0732. The molecule has 98 valence electrons. The zero-order chi connectivity index (χ0) is 12.3. The quantitative estimate of drug-likeness (QED) is 0.735. The molecule has 4 heteroatoms. The molecule has 0 radical (unpaired) electrons. The fourth-order valence-corrected chi connectivity index (χ4v) is 3.40. The molecule has 17 heavy (non-hydrogen) atoms. The Morgan fingerprint density at radius 1 is 1.35 bits per heavy atom. The molecule has 2 saturated heterocycles. The van der Waals surface area contributed by atoms with Crippen molar-refractivity contribution in [3.05, 3.63) is 0 Å². The van der Waals surface area contributed by atoms with Crippen molar-refractivity contribution in [3.8, 4) is 0 Å². The first-order valence-electron chi connectivity index (χ1n) is 6.74. The number of methoxy groups -OCH3 is 1. The Morgan fingerprint density at radius 3 is 2.76 bits per heavy atom.